The van der Waals surface area contributed by atoms with Crippen LogP contribution in [0.3, 0.4) is 0 Å². The molecule has 1 saturated heterocycles. The second kappa shape index (κ2) is 4.29. The number of nitrogens with zero attached hydrogens (tertiary/aromatic N) is 1. The maximum Gasteiger partial charge on any atom is 0.309 e. The number of aliphatic carboxylic acids is 1. The highest BCUT2D eigenvalue weighted by molar-refractivity contribution is 5.85. The van der Waals surface area contributed by atoms with Crippen LogP contribution in [0.25, 0.3) is 0 Å². The Balaban J connectivity index is 2.51. The molecule has 17 heavy (non-hydrogen) atoms. The van der Waals surface area contributed by atoms with E-state index in [4.69, 9.17) is 5.11 Å². The van der Waals surface area contributed by atoms with E-state index in [-0.39, 0.29) is 18.2 Å². The predicted molar refractivity (Wildman–Crippen MR) is 62.4 cm³/mol. The largest absolute Gasteiger partial charge is 0.481 e. The molecular formula is C12H21NO4. The molecule has 1 aliphatic rings. The highest BCUT2D eigenvalue weighted by atomic mass is 16.4. The fourth-order valence-corrected chi connectivity index (χ4v) is 1.72. The maximum atomic E-state index is 11.8. The zero-order valence-corrected chi connectivity index (χ0v) is 10.9. The molecule has 98 valence electrons. The van der Waals surface area contributed by atoms with Crippen LogP contribution in [0.1, 0.15) is 34.1 Å². The Morgan fingerprint density at radius 3 is 2.18 bits per heavy atom. The Morgan fingerprint density at radius 2 is 1.82 bits per heavy atom. The van der Waals surface area contributed by atoms with Gasteiger partial charge in [0.1, 0.15) is 5.60 Å². The van der Waals surface area contributed by atoms with Gasteiger partial charge in [-0.15, -0.1) is 0 Å². The standard InChI is InChI=1S/C12H21NO4/c1-8(2)12(17)6-13(7-12)9(14)5-11(3,4)10(15)16/h8,17H,5-7H2,1-4H3,(H,15,16). The summed E-state index contributed by atoms with van der Waals surface area (Å²) >= 11 is 0. The van der Waals surface area contributed by atoms with Crippen molar-refractivity contribution in [2.45, 2.75) is 39.7 Å². The summed E-state index contributed by atoms with van der Waals surface area (Å²) in [6.45, 7) is 7.48. The molecule has 1 amide bonds. The van der Waals surface area contributed by atoms with Crippen LogP contribution in [0.5, 0.6) is 0 Å². The molecule has 1 fully saturated rings. The molecule has 1 rings (SSSR count). The summed E-state index contributed by atoms with van der Waals surface area (Å²) in [7, 11) is 0. The van der Waals surface area contributed by atoms with Crippen molar-refractivity contribution in [3.05, 3.63) is 0 Å². The Morgan fingerprint density at radius 1 is 1.35 bits per heavy atom. The molecule has 5 heteroatoms. The highest BCUT2D eigenvalue weighted by Gasteiger charge is 2.46. The van der Waals surface area contributed by atoms with Crippen LogP contribution in [0.4, 0.5) is 0 Å². The zero-order valence-electron chi connectivity index (χ0n) is 10.9. The molecule has 0 aromatic carbocycles. The van der Waals surface area contributed by atoms with Gasteiger partial charge in [0.2, 0.25) is 5.91 Å². The van der Waals surface area contributed by atoms with Crippen molar-refractivity contribution in [2.75, 3.05) is 13.1 Å². The summed E-state index contributed by atoms with van der Waals surface area (Å²) in [4.78, 5) is 24.2. The molecule has 0 spiro atoms. The quantitative estimate of drug-likeness (QED) is 0.762. The third-order valence-electron chi connectivity index (χ3n) is 3.53. The highest BCUT2D eigenvalue weighted by Crippen LogP contribution is 2.31. The first-order valence-electron chi connectivity index (χ1n) is 5.82. The van der Waals surface area contributed by atoms with Gasteiger partial charge < -0.3 is 15.1 Å². The first-order chi connectivity index (χ1) is 7.58. The van der Waals surface area contributed by atoms with Crippen molar-refractivity contribution in [1.82, 2.24) is 4.90 Å². The van der Waals surface area contributed by atoms with Crippen molar-refractivity contribution in [2.24, 2.45) is 11.3 Å². The normalized spacial score (nSPS) is 19.1. The number of carbonyl (C=O) groups excluding carboxylic acids is 1. The number of rotatable bonds is 4. The van der Waals surface area contributed by atoms with Gasteiger partial charge in [0.25, 0.3) is 0 Å². The minimum atomic E-state index is -1.05. The molecular weight excluding hydrogens is 222 g/mol. The summed E-state index contributed by atoms with van der Waals surface area (Å²) in [5.41, 5.74) is -1.86. The van der Waals surface area contributed by atoms with Gasteiger partial charge in [-0.25, -0.2) is 0 Å². The van der Waals surface area contributed by atoms with E-state index in [2.05, 4.69) is 0 Å². The molecule has 1 heterocycles. The van der Waals surface area contributed by atoms with E-state index in [9.17, 15) is 14.7 Å². The Bertz CT molecular complexity index is 329. The van der Waals surface area contributed by atoms with Gasteiger partial charge in [-0.3, -0.25) is 9.59 Å². The summed E-state index contributed by atoms with van der Waals surface area (Å²) in [5, 5.41) is 18.9. The average Bonchev–Trinajstić information content (AvgIpc) is 2.11. The first-order valence-corrected chi connectivity index (χ1v) is 5.82. The molecule has 1 aliphatic heterocycles. The topological polar surface area (TPSA) is 77.8 Å². The number of hydrogen-bond donors (Lipinski definition) is 2. The van der Waals surface area contributed by atoms with Crippen molar-refractivity contribution in [1.29, 1.82) is 0 Å². The van der Waals surface area contributed by atoms with E-state index in [1.54, 1.807) is 0 Å². The van der Waals surface area contributed by atoms with Crippen molar-refractivity contribution >= 4 is 11.9 Å². The minimum absolute atomic E-state index is 0.0312. The van der Waals surface area contributed by atoms with E-state index in [1.807, 2.05) is 13.8 Å². The molecule has 0 aliphatic carbocycles. The van der Waals surface area contributed by atoms with Crippen LogP contribution >= 0.6 is 0 Å². The fourth-order valence-electron chi connectivity index (χ4n) is 1.72. The number of likely N-dealkylation sites (tertiary alicyclic amines) is 1. The number of hydrogen-bond acceptors (Lipinski definition) is 3. The van der Waals surface area contributed by atoms with Gasteiger partial charge in [-0.1, -0.05) is 13.8 Å². The van der Waals surface area contributed by atoms with Gasteiger partial charge in [0, 0.05) is 6.42 Å². The van der Waals surface area contributed by atoms with E-state index < -0.39 is 17.0 Å². The third kappa shape index (κ3) is 2.77. The van der Waals surface area contributed by atoms with E-state index in [0.717, 1.165) is 0 Å². The van der Waals surface area contributed by atoms with Crippen molar-refractivity contribution < 1.29 is 19.8 Å². The number of carbonyl (C=O) groups is 2. The summed E-state index contributed by atoms with van der Waals surface area (Å²) < 4.78 is 0. The lowest BCUT2D eigenvalue weighted by Gasteiger charge is -2.49. The van der Waals surface area contributed by atoms with Crippen LogP contribution in [0, 0.1) is 11.3 Å². The molecule has 0 atom stereocenters. The number of aliphatic hydroxyl groups is 1. The van der Waals surface area contributed by atoms with Crippen LogP contribution in [-0.2, 0) is 9.59 Å². The molecule has 2 N–H and O–H groups in total. The smallest absolute Gasteiger partial charge is 0.309 e. The monoisotopic (exact) mass is 243 g/mol. The predicted octanol–water partition coefficient (Wildman–Crippen LogP) is 0.717. The second-order valence-corrected chi connectivity index (χ2v) is 5.87. The summed E-state index contributed by atoms with van der Waals surface area (Å²) in [5.74, 6) is -1.09. The van der Waals surface area contributed by atoms with Crippen LogP contribution in [0.15, 0.2) is 0 Å². The summed E-state index contributed by atoms with van der Waals surface area (Å²) in [6, 6.07) is 0. The van der Waals surface area contributed by atoms with E-state index in [0.29, 0.717) is 13.1 Å². The Labute approximate surface area is 101 Å². The maximum absolute atomic E-state index is 11.8. The van der Waals surface area contributed by atoms with Crippen LogP contribution in [-0.4, -0.2) is 45.7 Å². The van der Waals surface area contributed by atoms with Crippen molar-refractivity contribution in [3.8, 4) is 0 Å². The van der Waals surface area contributed by atoms with Crippen molar-refractivity contribution in [3.63, 3.8) is 0 Å². The number of carboxylic acids is 1. The Hall–Kier alpha value is -1.10. The number of amides is 1. The molecule has 0 bridgehead atoms. The molecule has 0 unspecified atom stereocenters. The van der Waals surface area contributed by atoms with Crippen LogP contribution in [0.2, 0.25) is 0 Å². The van der Waals surface area contributed by atoms with E-state index >= 15 is 0 Å². The molecule has 0 saturated carbocycles. The summed E-state index contributed by atoms with van der Waals surface area (Å²) in [6.07, 6.45) is -0.0312. The van der Waals surface area contributed by atoms with Gasteiger partial charge in [0.15, 0.2) is 0 Å². The van der Waals surface area contributed by atoms with Gasteiger partial charge in [-0.2, -0.15) is 0 Å². The molecule has 0 aromatic rings. The third-order valence-corrected chi connectivity index (χ3v) is 3.53. The Kier molecular flexibility index (Phi) is 3.52. The molecule has 0 aromatic heterocycles. The van der Waals surface area contributed by atoms with Crippen LogP contribution < -0.4 is 0 Å². The fraction of sp³-hybridized carbons (Fsp3) is 0.833. The SMILES string of the molecule is CC(C)C1(O)CN(C(=O)CC(C)(C)C(=O)O)C1. The lowest BCUT2D eigenvalue weighted by Crippen LogP contribution is -2.66. The lowest BCUT2D eigenvalue weighted by atomic mass is 9.81. The van der Waals surface area contributed by atoms with Gasteiger partial charge >= 0.3 is 5.97 Å². The average molecular weight is 243 g/mol. The molecule has 5 nitrogen and oxygen atoms in total. The zero-order chi connectivity index (χ0) is 13.4. The first kappa shape index (κ1) is 14.0. The van der Waals surface area contributed by atoms with E-state index in [1.165, 1.54) is 18.7 Å². The minimum Gasteiger partial charge on any atom is -0.481 e. The number of β-amino-alcohol motifs (C(OH)–C–C–N with tert-alkyl or cyclic N) is 1. The van der Waals surface area contributed by atoms with Gasteiger partial charge in [-0.05, 0) is 19.8 Å². The second-order valence-electron chi connectivity index (χ2n) is 5.87. The lowest BCUT2D eigenvalue weighted by molar-refractivity contribution is -0.168. The molecule has 0 radical (unpaired) electrons. The van der Waals surface area contributed by atoms with Gasteiger partial charge in [0.05, 0.1) is 18.5 Å². The number of carboxylic acid groups (broad SMARTS) is 1.